The van der Waals surface area contributed by atoms with Crippen LogP contribution in [0.5, 0.6) is 0 Å². The fourth-order valence-corrected chi connectivity index (χ4v) is 1.99. The molecule has 0 saturated carbocycles. The molecule has 2 rings (SSSR count). The highest BCUT2D eigenvalue weighted by molar-refractivity contribution is 9.10. The predicted octanol–water partition coefficient (Wildman–Crippen LogP) is 3.64. The second kappa shape index (κ2) is 5.59. The van der Waals surface area contributed by atoms with Gasteiger partial charge in [0.1, 0.15) is 5.82 Å². The summed E-state index contributed by atoms with van der Waals surface area (Å²) in [7, 11) is 0. The van der Waals surface area contributed by atoms with Crippen LogP contribution in [-0.2, 0) is 0 Å². The molecule has 3 N–H and O–H groups in total. The van der Waals surface area contributed by atoms with E-state index in [-0.39, 0.29) is 16.7 Å². The second-order valence-corrected chi connectivity index (χ2v) is 5.27. The molecule has 1 aromatic carbocycles. The molecule has 0 spiro atoms. The van der Waals surface area contributed by atoms with Crippen molar-refractivity contribution in [3.63, 3.8) is 0 Å². The Balaban J connectivity index is 2.20. The number of carbonyl (C=O) groups is 1. The van der Waals surface area contributed by atoms with Gasteiger partial charge in [0.05, 0.1) is 10.6 Å². The summed E-state index contributed by atoms with van der Waals surface area (Å²) in [6.45, 7) is 1.97. The lowest BCUT2D eigenvalue weighted by molar-refractivity contribution is 0.102. The van der Waals surface area contributed by atoms with Crippen LogP contribution >= 0.6 is 27.5 Å². The van der Waals surface area contributed by atoms with Crippen LogP contribution in [0.25, 0.3) is 0 Å². The van der Waals surface area contributed by atoms with Crippen LogP contribution in [0, 0.1) is 6.92 Å². The van der Waals surface area contributed by atoms with Crippen molar-refractivity contribution in [2.24, 2.45) is 0 Å². The third-order valence-corrected chi connectivity index (χ3v) is 3.72. The normalized spacial score (nSPS) is 10.3. The molecule has 0 fully saturated rings. The molecule has 0 bridgehead atoms. The smallest absolute Gasteiger partial charge is 0.257 e. The molecule has 19 heavy (non-hydrogen) atoms. The fourth-order valence-electron chi connectivity index (χ4n) is 1.45. The van der Waals surface area contributed by atoms with Gasteiger partial charge in [0, 0.05) is 16.4 Å². The van der Waals surface area contributed by atoms with E-state index in [1.54, 1.807) is 0 Å². The number of rotatable bonds is 2. The van der Waals surface area contributed by atoms with Gasteiger partial charge in [-0.15, -0.1) is 0 Å². The summed E-state index contributed by atoms with van der Waals surface area (Å²) in [5, 5.41) is 3.03. The van der Waals surface area contributed by atoms with Crippen molar-refractivity contribution in [1.29, 1.82) is 0 Å². The van der Waals surface area contributed by atoms with Gasteiger partial charge >= 0.3 is 0 Å². The molecule has 2 aromatic rings. The number of nitrogens with zero attached hydrogens (tertiary/aromatic N) is 1. The minimum atomic E-state index is -0.287. The standard InChI is InChI=1S/C13H11BrClN3O/c1-7-2-3-9(5-10(7)14)18-13(19)8-4-11(15)12(16)17-6-8/h2-6H,1H3,(H2,16,17)(H,18,19). The van der Waals surface area contributed by atoms with Crippen molar-refractivity contribution in [3.05, 3.63) is 51.1 Å². The zero-order valence-electron chi connectivity index (χ0n) is 10.1. The number of nitrogens with two attached hydrogens (primary N) is 1. The van der Waals surface area contributed by atoms with Gasteiger partial charge in [0.2, 0.25) is 0 Å². The van der Waals surface area contributed by atoms with E-state index in [4.69, 9.17) is 17.3 Å². The Hall–Kier alpha value is -1.59. The van der Waals surface area contributed by atoms with Gasteiger partial charge in [0.25, 0.3) is 5.91 Å². The van der Waals surface area contributed by atoms with Gasteiger partial charge in [-0.05, 0) is 30.7 Å². The van der Waals surface area contributed by atoms with Crippen LogP contribution in [-0.4, -0.2) is 10.9 Å². The largest absolute Gasteiger partial charge is 0.382 e. The Morgan fingerprint density at radius 1 is 1.42 bits per heavy atom. The number of nitrogens with one attached hydrogen (secondary N) is 1. The van der Waals surface area contributed by atoms with Crippen LogP contribution in [0.3, 0.4) is 0 Å². The Kier molecular flexibility index (Phi) is 4.07. The quantitative estimate of drug-likeness (QED) is 0.877. The highest BCUT2D eigenvalue weighted by Gasteiger charge is 2.09. The molecular formula is C13H11BrClN3O. The first-order valence-electron chi connectivity index (χ1n) is 5.46. The molecule has 0 radical (unpaired) electrons. The number of carbonyl (C=O) groups excluding carboxylic acids is 1. The van der Waals surface area contributed by atoms with Gasteiger partial charge in [-0.3, -0.25) is 4.79 Å². The maximum atomic E-state index is 12.0. The van der Waals surface area contributed by atoms with Crippen molar-refractivity contribution >= 4 is 44.9 Å². The number of aromatic nitrogens is 1. The van der Waals surface area contributed by atoms with Crippen molar-refractivity contribution < 1.29 is 4.79 Å². The molecular weight excluding hydrogens is 330 g/mol. The lowest BCUT2D eigenvalue weighted by Crippen LogP contribution is -2.12. The Morgan fingerprint density at radius 2 is 2.16 bits per heavy atom. The molecule has 0 atom stereocenters. The first kappa shape index (κ1) is 13.8. The van der Waals surface area contributed by atoms with Crippen LogP contribution in [0.15, 0.2) is 34.9 Å². The first-order chi connectivity index (χ1) is 8.97. The van der Waals surface area contributed by atoms with Gasteiger partial charge in [-0.25, -0.2) is 4.98 Å². The van der Waals surface area contributed by atoms with Gasteiger partial charge in [0.15, 0.2) is 0 Å². The summed E-state index contributed by atoms with van der Waals surface area (Å²) in [6, 6.07) is 7.06. The van der Waals surface area contributed by atoms with Crippen LogP contribution in [0.4, 0.5) is 11.5 Å². The van der Waals surface area contributed by atoms with E-state index < -0.39 is 0 Å². The number of benzene rings is 1. The number of pyridine rings is 1. The van der Waals surface area contributed by atoms with E-state index in [1.165, 1.54) is 12.3 Å². The molecule has 0 unspecified atom stereocenters. The van der Waals surface area contributed by atoms with Gasteiger partial charge < -0.3 is 11.1 Å². The Morgan fingerprint density at radius 3 is 2.79 bits per heavy atom. The molecule has 0 aliphatic heterocycles. The minimum Gasteiger partial charge on any atom is -0.382 e. The molecule has 4 nitrogen and oxygen atoms in total. The minimum absolute atomic E-state index is 0.205. The molecule has 1 amide bonds. The topological polar surface area (TPSA) is 68.0 Å². The first-order valence-corrected chi connectivity index (χ1v) is 6.63. The zero-order chi connectivity index (χ0) is 14.0. The van der Waals surface area contributed by atoms with Crippen LogP contribution in [0.1, 0.15) is 15.9 Å². The summed E-state index contributed by atoms with van der Waals surface area (Å²) < 4.78 is 0.929. The fraction of sp³-hybridized carbons (Fsp3) is 0.0769. The second-order valence-electron chi connectivity index (χ2n) is 4.01. The third kappa shape index (κ3) is 3.24. The van der Waals surface area contributed by atoms with Gasteiger partial charge in [-0.1, -0.05) is 33.6 Å². The molecule has 1 aromatic heterocycles. The lowest BCUT2D eigenvalue weighted by atomic mass is 10.2. The molecule has 98 valence electrons. The number of anilines is 2. The molecule has 1 heterocycles. The Labute approximate surface area is 124 Å². The Bertz CT molecular complexity index is 646. The summed E-state index contributed by atoms with van der Waals surface area (Å²) in [5.41, 5.74) is 7.64. The van der Waals surface area contributed by atoms with Gasteiger partial charge in [-0.2, -0.15) is 0 Å². The molecule has 0 aliphatic carbocycles. The van der Waals surface area contributed by atoms with Crippen molar-refractivity contribution in [2.45, 2.75) is 6.92 Å². The van der Waals surface area contributed by atoms with E-state index in [9.17, 15) is 4.79 Å². The highest BCUT2D eigenvalue weighted by Crippen LogP contribution is 2.22. The highest BCUT2D eigenvalue weighted by atomic mass is 79.9. The number of hydrogen-bond acceptors (Lipinski definition) is 3. The number of halogens is 2. The van der Waals surface area contributed by atoms with Crippen molar-refractivity contribution in [3.8, 4) is 0 Å². The van der Waals surface area contributed by atoms with E-state index in [0.29, 0.717) is 11.3 Å². The lowest BCUT2D eigenvalue weighted by Gasteiger charge is -2.07. The molecule has 6 heteroatoms. The predicted molar refractivity (Wildman–Crippen MR) is 80.5 cm³/mol. The monoisotopic (exact) mass is 339 g/mol. The van der Waals surface area contributed by atoms with E-state index in [2.05, 4.69) is 26.2 Å². The van der Waals surface area contributed by atoms with Crippen molar-refractivity contribution in [2.75, 3.05) is 11.1 Å². The number of aryl methyl sites for hydroxylation is 1. The van der Waals surface area contributed by atoms with Crippen molar-refractivity contribution in [1.82, 2.24) is 4.98 Å². The van der Waals surface area contributed by atoms with Crippen LogP contribution in [0.2, 0.25) is 5.02 Å². The zero-order valence-corrected chi connectivity index (χ0v) is 12.4. The maximum Gasteiger partial charge on any atom is 0.257 e. The van der Waals surface area contributed by atoms with E-state index in [0.717, 1.165) is 10.0 Å². The summed E-state index contributed by atoms with van der Waals surface area (Å²) in [4.78, 5) is 15.9. The number of amides is 1. The third-order valence-electron chi connectivity index (χ3n) is 2.56. The average Bonchev–Trinajstić information content (AvgIpc) is 2.37. The molecule has 0 saturated heterocycles. The average molecular weight is 341 g/mol. The molecule has 0 aliphatic rings. The maximum absolute atomic E-state index is 12.0. The number of hydrogen-bond donors (Lipinski definition) is 2. The SMILES string of the molecule is Cc1ccc(NC(=O)c2cnc(N)c(Cl)c2)cc1Br. The summed E-state index contributed by atoms with van der Waals surface area (Å²) in [6.07, 6.45) is 1.39. The summed E-state index contributed by atoms with van der Waals surface area (Å²) in [5.74, 6) is -0.0820. The van der Waals surface area contributed by atoms with E-state index in [1.807, 2.05) is 25.1 Å². The van der Waals surface area contributed by atoms with Crippen LogP contribution < -0.4 is 11.1 Å². The summed E-state index contributed by atoms with van der Waals surface area (Å²) >= 11 is 9.24. The van der Waals surface area contributed by atoms with E-state index >= 15 is 0 Å². The number of nitrogen functional groups attached to an aromatic ring is 1.